The Labute approximate surface area is 168 Å². The van der Waals surface area contributed by atoms with Crippen LogP contribution < -0.4 is 15.4 Å². The van der Waals surface area contributed by atoms with E-state index in [1.54, 1.807) is 36.7 Å². The zero-order valence-corrected chi connectivity index (χ0v) is 16.1. The van der Waals surface area contributed by atoms with Crippen LogP contribution in [0, 0.1) is 6.92 Å². The molecule has 144 valence electrons. The summed E-state index contributed by atoms with van der Waals surface area (Å²) >= 11 is 0. The van der Waals surface area contributed by atoms with E-state index in [2.05, 4.69) is 20.6 Å². The van der Waals surface area contributed by atoms with Gasteiger partial charge >= 0.3 is 0 Å². The number of amides is 1. The lowest BCUT2D eigenvalue weighted by Gasteiger charge is -2.10. The minimum absolute atomic E-state index is 0.220. The highest BCUT2D eigenvalue weighted by Gasteiger charge is 2.09. The number of rotatable bonds is 5. The van der Waals surface area contributed by atoms with Gasteiger partial charge in [-0.05, 0) is 73.2 Å². The van der Waals surface area contributed by atoms with Crippen molar-refractivity contribution in [2.24, 2.45) is 0 Å². The molecule has 0 radical (unpaired) electrons. The Morgan fingerprint density at radius 1 is 0.931 bits per heavy atom. The highest BCUT2D eigenvalue weighted by Crippen LogP contribution is 2.30. The summed E-state index contributed by atoms with van der Waals surface area (Å²) < 4.78 is 6.05. The number of aromatic nitrogens is 2. The monoisotopic (exact) mass is 384 g/mol. The number of benzene rings is 2. The molecule has 6 nitrogen and oxygen atoms in total. The topological polar surface area (TPSA) is 76.1 Å². The van der Waals surface area contributed by atoms with Crippen molar-refractivity contribution in [1.29, 1.82) is 0 Å². The van der Waals surface area contributed by atoms with Gasteiger partial charge in [0.2, 0.25) is 0 Å². The van der Waals surface area contributed by atoms with Crippen LogP contribution in [0.5, 0.6) is 11.5 Å². The molecule has 0 saturated carbocycles. The van der Waals surface area contributed by atoms with E-state index in [1.807, 2.05) is 50.4 Å². The lowest BCUT2D eigenvalue weighted by atomic mass is 10.1. The minimum atomic E-state index is -0.220. The third-order valence-corrected chi connectivity index (χ3v) is 4.49. The van der Waals surface area contributed by atoms with E-state index in [1.165, 1.54) is 0 Å². The molecule has 4 aromatic rings. The van der Waals surface area contributed by atoms with Crippen LogP contribution in [-0.4, -0.2) is 22.9 Å². The molecule has 4 rings (SSSR count). The van der Waals surface area contributed by atoms with Crippen LogP contribution >= 0.6 is 0 Å². The smallest absolute Gasteiger partial charge is 0.256 e. The zero-order chi connectivity index (χ0) is 20.2. The maximum atomic E-state index is 12.4. The Morgan fingerprint density at radius 3 is 2.48 bits per heavy atom. The molecular formula is C23H20N4O2. The fourth-order valence-electron chi connectivity index (χ4n) is 2.96. The molecule has 0 bridgehead atoms. The minimum Gasteiger partial charge on any atom is -0.457 e. The van der Waals surface area contributed by atoms with E-state index in [-0.39, 0.29) is 5.91 Å². The summed E-state index contributed by atoms with van der Waals surface area (Å²) in [6, 6.07) is 18.4. The van der Waals surface area contributed by atoms with E-state index < -0.39 is 0 Å². The zero-order valence-electron chi connectivity index (χ0n) is 16.1. The fourth-order valence-corrected chi connectivity index (χ4v) is 2.96. The second kappa shape index (κ2) is 7.98. The van der Waals surface area contributed by atoms with Crippen molar-refractivity contribution in [2.75, 3.05) is 17.7 Å². The fraction of sp³-hybridized carbons (Fsp3) is 0.0870. The van der Waals surface area contributed by atoms with Crippen LogP contribution in [0.2, 0.25) is 0 Å². The van der Waals surface area contributed by atoms with Gasteiger partial charge in [-0.1, -0.05) is 0 Å². The number of ether oxygens (including phenoxy) is 1. The summed E-state index contributed by atoms with van der Waals surface area (Å²) in [6.45, 7) is 1.95. The van der Waals surface area contributed by atoms with Crippen molar-refractivity contribution in [1.82, 2.24) is 9.97 Å². The Bertz CT molecular complexity index is 1170. The second-order valence-corrected chi connectivity index (χ2v) is 6.59. The molecule has 0 spiro atoms. The first-order chi connectivity index (χ1) is 14.1. The molecule has 0 fully saturated rings. The van der Waals surface area contributed by atoms with Gasteiger partial charge in [0.1, 0.15) is 17.3 Å². The Morgan fingerprint density at radius 2 is 1.72 bits per heavy atom. The molecule has 2 heterocycles. The van der Waals surface area contributed by atoms with Crippen molar-refractivity contribution in [3.8, 4) is 11.5 Å². The van der Waals surface area contributed by atoms with Crippen molar-refractivity contribution >= 4 is 28.3 Å². The molecule has 0 aliphatic carbocycles. The van der Waals surface area contributed by atoms with E-state index in [0.29, 0.717) is 22.9 Å². The van der Waals surface area contributed by atoms with Crippen LogP contribution in [0.15, 0.2) is 73.1 Å². The van der Waals surface area contributed by atoms with E-state index >= 15 is 0 Å². The normalized spacial score (nSPS) is 10.6. The largest absolute Gasteiger partial charge is 0.457 e. The van der Waals surface area contributed by atoms with Gasteiger partial charge in [0.05, 0.1) is 5.52 Å². The third-order valence-electron chi connectivity index (χ3n) is 4.49. The van der Waals surface area contributed by atoms with Gasteiger partial charge in [0, 0.05) is 36.1 Å². The van der Waals surface area contributed by atoms with Gasteiger partial charge in [-0.2, -0.15) is 0 Å². The van der Waals surface area contributed by atoms with Gasteiger partial charge in [0.25, 0.3) is 5.91 Å². The molecule has 0 saturated heterocycles. The molecule has 2 aromatic carbocycles. The molecule has 0 aliphatic heterocycles. The van der Waals surface area contributed by atoms with Crippen LogP contribution in [0.4, 0.5) is 11.5 Å². The van der Waals surface area contributed by atoms with Crippen molar-refractivity contribution in [3.63, 3.8) is 0 Å². The van der Waals surface area contributed by atoms with Gasteiger partial charge in [0.15, 0.2) is 0 Å². The lowest BCUT2D eigenvalue weighted by Crippen LogP contribution is -2.12. The average Bonchev–Trinajstić information content (AvgIpc) is 2.74. The molecule has 0 aliphatic rings. The second-order valence-electron chi connectivity index (χ2n) is 6.59. The molecule has 2 N–H and O–H groups in total. The number of carbonyl (C=O) groups excluding carboxylic acids is 1. The summed E-state index contributed by atoms with van der Waals surface area (Å²) in [7, 11) is 1.87. The van der Waals surface area contributed by atoms with Crippen LogP contribution in [0.1, 0.15) is 15.9 Å². The van der Waals surface area contributed by atoms with Gasteiger partial charge in [-0.15, -0.1) is 0 Å². The number of nitrogens with zero attached hydrogens (tertiary/aromatic N) is 2. The van der Waals surface area contributed by atoms with E-state index in [0.717, 1.165) is 22.2 Å². The van der Waals surface area contributed by atoms with Crippen LogP contribution in [-0.2, 0) is 0 Å². The summed E-state index contributed by atoms with van der Waals surface area (Å²) in [4.78, 5) is 21.0. The standard InChI is InChI=1S/C23H20N4O2/c1-15-9-11-26-22(13-15)27-23(28)16-3-6-18(7-4-16)29-21-10-12-25-20-8-5-17(24-2)14-19(20)21/h3-14,24H,1-2H3,(H,26,27,28). The number of fused-ring (bicyclic) bond motifs is 1. The van der Waals surface area contributed by atoms with E-state index in [9.17, 15) is 4.79 Å². The summed E-state index contributed by atoms with van der Waals surface area (Å²) in [6.07, 6.45) is 3.38. The van der Waals surface area contributed by atoms with Crippen molar-refractivity contribution < 1.29 is 9.53 Å². The highest BCUT2D eigenvalue weighted by atomic mass is 16.5. The molecular weight excluding hydrogens is 364 g/mol. The number of aryl methyl sites for hydroxylation is 1. The summed E-state index contributed by atoms with van der Waals surface area (Å²) in [5, 5.41) is 6.83. The number of pyridine rings is 2. The first-order valence-corrected chi connectivity index (χ1v) is 9.21. The van der Waals surface area contributed by atoms with Gasteiger partial charge in [-0.25, -0.2) is 4.98 Å². The molecule has 0 unspecified atom stereocenters. The van der Waals surface area contributed by atoms with Gasteiger partial charge in [-0.3, -0.25) is 9.78 Å². The predicted octanol–water partition coefficient (Wildman–Crippen LogP) is 5.02. The van der Waals surface area contributed by atoms with Crippen LogP contribution in [0.3, 0.4) is 0 Å². The number of hydrogen-bond donors (Lipinski definition) is 2. The third kappa shape index (κ3) is 4.16. The number of carbonyl (C=O) groups is 1. The maximum Gasteiger partial charge on any atom is 0.256 e. The molecule has 6 heteroatoms. The van der Waals surface area contributed by atoms with Crippen molar-refractivity contribution in [2.45, 2.75) is 6.92 Å². The Kier molecular flexibility index (Phi) is 5.07. The number of hydrogen-bond acceptors (Lipinski definition) is 5. The van der Waals surface area contributed by atoms with Crippen LogP contribution in [0.25, 0.3) is 10.9 Å². The first-order valence-electron chi connectivity index (χ1n) is 9.21. The SMILES string of the molecule is CNc1ccc2nccc(Oc3ccc(C(=O)Nc4cc(C)ccn4)cc3)c2c1. The maximum absolute atomic E-state index is 12.4. The molecule has 2 aromatic heterocycles. The Balaban J connectivity index is 1.53. The quantitative estimate of drug-likeness (QED) is 0.505. The number of nitrogens with one attached hydrogen (secondary N) is 2. The molecule has 1 amide bonds. The lowest BCUT2D eigenvalue weighted by molar-refractivity contribution is 0.102. The predicted molar refractivity (Wildman–Crippen MR) is 115 cm³/mol. The van der Waals surface area contributed by atoms with E-state index in [4.69, 9.17) is 4.74 Å². The summed E-state index contributed by atoms with van der Waals surface area (Å²) in [5.41, 5.74) is 3.39. The first kappa shape index (κ1) is 18.4. The average molecular weight is 384 g/mol. The number of anilines is 2. The highest BCUT2D eigenvalue weighted by molar-refractivity contribution is 6.03. The van der Waals surface area contributed by atoms with Gasteiger partial charge < -0.3 is 15.4 Å². The Hall–Kier alpha value is -3.93. The van der Waals surface area contributed by atoms with Crippen molar-refractivity contribution in [3.05, 3.63) is 84.2 Å². The molecule has 29 heavy (non-hydrogen) atoms. The molecule has 0 atom stereocenters. The summed E-state index contributed by atoms with van der Waals surface area (Å²) in [5.74, 6) is 1.65.